The largest absolute Gasteiger partial charge is 0.309 e. The van der Waals surface area contributed by atoms with Gasteiger partial charge in [-0.1, -0.05) is 41.6 Å². The summed E-state index contributed by atoms with van der Waals surface area (Å²) in [5.41, 5.74) is 3.20. The van der Waals surface area contributed by atoms with Gasteiger partial charge in [0, 0.05) is 22.4 Å². The molecule has 0 bridgehead atoms. The first-order valence-electron chi connectivity index (χ1n) is 10.8. The molecule has 3 aromatic heterocycles. The van der Waals surface area contributed by atoms with Gasteiger partial charge in [0.2, 0.25) is 0 Å². The maximum atomic E-state index is 13.0. The minimum absolute atomic E-state index is 0.0668. The van der Waals surface area contributed by atoms with Crippen molar-refractivity contribution in [1.29, 1.82) is 0 Å². The highest BCUT2D eigenvalue weighted by atomic mass is 32.2. The van der Waals surface area contributed by atoms with Crippen LogP contribution in [0, 0.1) is 13.8 Å². The smallest absolute Gasteiger partial charge is 0.260 e. The molecule has 1 N–H and O–H groups in total. The number of benzene rings is 1. The summed E-state index contributed by atoms with van der Waals surface area (Å²) in [6.45, 7) is 4.13. The zero-order chi connectivity index (χ0) is 21.1. The molecule has 3 heterocycles. The number of aryl methyl sites for hydroxylation is 2. The van der Waals surface area contributed by atoms with Crippen LogP contribution in [0.5, 0.6) is 0 Å². The Morgan fingerprint density at radius 2 is 1.90 bits per heavy atom. The summed E-state index contributed by atoms with van der Waals surface area (Å²) in [6, 6.07) is 8.87. The molecule has 4 aromatic rings. The molecule has 8 heteroatoms. The second kappa shape index (κ2) is 7.31. The van der Waals surface area contributed by atoms with Crippen molar-refractivity contribution in [2.45, 2.75) is 62.4 Å². The van der Waals surface area contributed by atoms with E-state index in [1.165, 1.54) is 31.2 Å². The number of nitrogens with one attached hydrogen (secondary N) is 1. The van der Waals surface area contributed by atoms with Gasteiger partial charge in [-0.05, 0) is 45.1 Å². The molecule has 31 heavy (non-hydrogen) atoms. The fourth-order valence-corrected chi connectivity index (χ4v) is 6.06. The molecule has 2 aliphatic carbocycles. The molecule has 0 radical (unpaired) electrons. The van der Waals surface area contributed by atoms with Crippen LogP contribution in [-0.4, -0.2) is 24.7 Å². The summed E-state index contributed by atoms with van der Waals surface area (Å²) in [4.78, 5) is 22.8. The van der Waals surface area contributed by atoms with Crippen LogP contribution in [0.3, 0.4) is 0 Å². The molecule has 0 aliphatic heterocycles. The van der Waals surface area contributed by atoms with E-state index < -0.39 is 0 Å². The van der Waals surface area contributed by atoms with Gasteiger partial charge in [0.15, 0.2) is 5.16 Å². The number of rotatable bonds is 6. The number of aromatic nitrogens is 5. The number of nitrogens with zero attached hydrogens (tertiary/aromatic N) is 4. The Bertz CT molecular complexity index is 1340. The molecule has 2 saturated carbocycles. The normalized spacial score (nSPS) is 16.3. The summed E-state index contributed by atoms with van der Waals surface area (Å²) < 4.78 is 2.34. The predicted molar refractivity (Wildman–Crippen MR) is 125 cm³/mol. The molecular formula is C23H23N5OS2. The number of hydrogen-bond donors (Lipinski definition) is 1. The first-order valence-corrected chi connectivity index (χ1v) is 12.6. The van der Waals surface area contributed by atoms with Crippen LogP contribution in [0.2, 0.25) is 0 Å². The second-order valence-electron chi connectivity index (χ2n) is 8.60. The summed E-state index contributed by atoms with van der Waals surface area (Å²) in [6.07, 6.45) is 4.87. The van der Waals surface area contributed by atoms with Crippen LogP contribution in [0.15, 0.2) is 34.2 Å². The third-order valence-corrected chi connectivity index (χ3v) is 7.96. The maximum absolute atomic E-state index is 13.0. The van der Waals surface area contributed by atoms with E-state index in [0.717, 1.165) is 31.8 Å². The van der Waals surface area contributed by atoms with Crippen molar-refractivity contribution in [2.75, 3.05) is 0 Å². The van der Waals surface area contributed by atoms with Crippen molar-refractivity contribution in [2.24, 2.45) is 0 Å². The topological polar surface area (TPSA) is 76.5 Å². The molecule has 2 aliphatic rings. The van der Waals surface area contributed by atoms with Gasteiger partial charge in [-0.2, -0.15) is 0 Å². The van der Waals surface area contributed by atoms with Crippen LogP contribution in [0.4, 0.5) is 0 Å². The highest BCUT2D eigenvalue weighted by Crippen LogP contribution is 2.46. The molecule has 0 unspecified atom stereocenters. The zero-order valence-corrected chi connectivity index (χ0v) is 19.1. The lowest BCUT2D eigenvalue weighted by Crippen LogP contribution is -2.11. The molecule has 0 amide bonds. The van der Waals surface area contributed by atoms with Gasteiger partial charge in [-0.3, -0.25) is 4.79 Å². The highest BCUT2D eigenvalue weighted by molar-refractivity contribution is 7.98. The third kappa shape index (κ3) is 3.51. The van der Waals surface area contributed by atoms with Crippen LogP contribution in [0.25, 0.3) is 21.3 Å². The van der Waals surface area contributed by atoms with Crippen LogP contribution >= 0.6 is 23.1 Å². The standard InChI is InChI=1S/C23H23N5OS2/c1-12-3-5-14(6-4-12)18-13(2)31-22-19(18)21(29)24-17(25-22)11-30-23-27-26-20(15-7-8-15)28(23)16-9-10-16/h3-6,15-16H,7-11H2,1-2H3,(H,24,25,29). The minimum Gasteiger partial charge on any atom is -0.309 e. The van der Waals surface area contributed by atoms with E-state index in [0.29, 0.717) is 28.9 Å². The van der Waals surface area contributed by atoms with E-state index in [-0.39, 0.29) is 5.56 Å². The molecule has 0 saturated heterocycles. The van der Waals surface area contributed by atoms with Crippen LogP contribution in [-0.2, 0) is 5.75 Å². The van der Waals surface area contributed by atoms with Crippen molar-refractivity contribution in [3.8, 4) is 11.1 Å². The Morgan fingerprint density at radius 1 is 1.13 bits per heavy atom. The van der Waals surface area contributed by atoms with Gasteiger partial charge in [-0.25, -0.2) is 4.98 Å². The van der Waals surface area contributed by atoms with E-state index in [1.54, 1.807) is 23.1 Å². The Hall–Kier alpha value is -2.45. The quantitative estimate of drug-likeness (QED) is 0.401. The molecule has 158 valence electrons. The first kappa shape index (κ1) is 19.3. The molecule has 0 spiro atoms. The van der Waals surface area contributed by atoms with Crippen molar-refractivity contribution < 1.29 is 0 Å². The number of aromatic amines is 1. The second-order valence-corrected chi connectivity index (χ2v) is 10.7. The number of hydrogen-bond acceptors (Lipinski definition) is 6. The Kier molecular flexibility index (Phi) is 4.54. The summed E-state index contributed by atoms with van der Waals surface area (Å²) >= 11 is 3.21. The number of thiophene rings is 1. The fourth-order valence-electron chi connectivity index (χ4n) is 4.12. The average molecular weight is 450 g/mol. The van der Waals surface area contributed by atoms with Crippen LogP contribution < -0.4 is 5.56 Å². The van der Waals surface area contributed by atoms with Crippen molar-refractivity contribution in [1.82, 2.24) is 24.7 Å². The Morgan fingerprint density at radius 3 is 2.61 bits per heavy atom. The van der Waals surface area contributed by atoms with E-state index in [4.69, 9.17) is 4.98 Å². The fraction of sp³-hybridized carbons (Fsp3) is 0.391. The number of H-pyrrole nitrogens is 1. The van der Waals surface area contributed by atoms with E-state index in [1.807, 2.05) is 0 Å². The van der Waals surface area contributed by atoms with Gasteiger partial charge < -0.3 is 9.55 Å². The SMILES string of the molecule is Cc1ccc(-c2c(C)sc3nc(CSc4nnc(C5CC5)n4C4CC4)[nH]c(=O)c23)cc1. The molecule has 1 aromatic carbocycles. The molecule has 2 fully saturated rings. The van der Waals surface area contributed by atoms with Gasteiger partial charge >= 0.3 is 0 Å². The maximum Gasteiger partial charge on any atom is 0.260 e. The summed E-state index contributed by atoms with van der Waals surface area (Å²) in [5.74, 6) is 3.01. The van der Waals surface area contributed by atoms with Crippen LogP contribution in [0.1, 0.15) is 59.7 Å². The minimum atomic E-state index is -0.0668. The number of fused-ring (bicyclic) bond motifs is 1. The lowest BCUT2D eigenvalue weighted by molar-refractivity contribution is 0.626. The molecular weight excluding hydrogens is 426 g/mol. The molecule has 0 atom stereocenters. The third-order valence-electron chi connectivity index (χ3n) is 6.01. The average Bonchev–Trinajstić information content (AvgIpc) is 3.68. The van der Waals surface area contributed by atoms with E-state index in [9.17, 15) is 4.79 Å². The van der Waals surface area contributed by atoms with Crippen molar-refractivity contribution >= 4 is 33.3 Å². The van der Waals surface area contributed by atoms with Gasteiger partial charge in [0.05, 0.1) is 11.1 Å². The monoisotopic (exact) mass is 449 g/mol. The Balaban J connectivity index is 1.32. The van der Waals surface area contributed by atoms with E-state index >= 15 is 0 Å². The lowest BCUT2D eigenvalue weighted by Gasteiger charge is -2.08. The van der Waals surface area contributed by atoms with Gasteiger partial charge in [0.1, 0.15) is 16.5 Å². The molecule has 6 rings (SSSR count). The Labute approximate surface area is 188 Å². The summed E-state index contributed by atoms with van der Waals surface area (Å²) in [5, 5.41) is 10.6. The lowest BCUT2D eigenvalue weighted by atomic mass is 10.0. The highest BCUT2D eigenvalue weighted by Gasteiger charge is 2.36. The predicted octanol–water partition coefficient (Wildman–Crippen LogP) is 5.36. The first-order chi connectivity index (χ1) is 15.1. The molecule has 6 nitrogen and oxygen atoms in total. The summed E-state index contributed by atoms with van der Waals surface area (Å²) in [7, 11) is 0. The van der Waals surface area contributed by atoms with E-state index in [2.05, 4.69) is 57.9 Å². The zero-order valence-electron chi connectivity index (χ0n) is 17.5. The van der Waals surface area contributed by atoms with Gasteiger partial charge in [-0.15, -0.1) is 21.5 Å². The van der Waals surface area contributed by atoms with Crippen molar-refractivity contribution in [3.63, 3.8) is 0 Å². The van der Waals surface area contributed by atoms with Gasteiger partial charge in [0.25, 0.3) is 5.56 Å². The number of thioether (sulfide) groups is 1. The van der Waals surface area contributed by atoms with Crippen molar-refractivity contribution in [3.05, 3.63) is 56.7 Å².